The number of methoxy groups -OCH3 is 1. The monoisotopic (exact) mass is 294 g/mol. The van der Waals surface area contributed by atoms with Gasteiger partial charge in [-0.05, 0) is 37.4 Å². The Hall–Kier alpha value is -1.79. The fourth-order valence-electron chi connectivity index (χ4n) is 2.98. The molecule has 0 aliphatic heterocycles. The second-order valence-electron chi connectivity index (χ2n) is 5.17. The van der Waals surface area contributed by atoms with Crippen LogP contribution in [-0.2, 0) is 0 Å². The summed E-state index contributed by atoms with van der Waals surface area (Å²) in [6.45, 7) is 0. The minimum Gasteiger partial charge on any atom is -0.481 e. The van der Waals surface area contributed by atoms with E-state index in [2.05, 4.69) is 10.3 Å². The molecule has 0 bridgehead atoms. The summed E-state index contributed by atoms with van der Waals surface area (Å²) in [4.78, 5) is 4.31. The van der Waals surface area contributed by atoms with Gasteiger partial charge >= 0.3 is 0 Å². The predicted octanol–water partition coefficient (Wildman–Crippen LogP) is 2.61. The Morgan fingerprint density at radius 3 is 2.52 bits per heavy atom. The van der Waals surface area contributed by atoms with Crippen LogP contribution in [0.2, 0.25) is 0 Å². The number of aliphatic hydroxyl groups excluding tert-OH is 1. The van der Waals surface area contributed by atoms with E-state index in [0.29, 0.717) is 34.9 Å². The number of fused-ring (bicyclic) bond motifs is 3. The lowest BCUT2D eigenvalue weighted by Gasteiger charge is -2.29. The maximum absolute atomic E-state index is 13.7. The average Bonchev–Trinajstić information content (AvgIpc) is 2.48. The van der Waals surface area contributed by atoms with E-state index >= 15 is 0 Å². The number of nitrogens with zero attached hydrogens (tertiary/aromatic N) is 1. The Labute approximate surface area is 120 Å². The number of benzene rings is 1. The smallest absolute Gasteiger partial charge is 0.221 e. The van der Waals surface area contributed by atoms with Crippen molar-refractivity contribution < 1.29 is 18.6 Å². The molecule has 1 aliphatic rings. The predicted molar refractivity (Wildman–Crippen MR) is 74.2 cm³/mol. The molecule has 2 aromatic rings. The summed E-state index contributed by atoms with van der Waals surface area (Å²) >= 11 is 0. The molecule has 0 spiro atoms. The molecule has 0 saturated carbocycles. The molecule has 2 N–H and O–H groups in total. The van der Waals surface area contributed by atoms with Crippen LogP contribution in [0.15, 0.2) is 12.1 Å². The summed E-state index contributed by atoms with van der Waals surface area (Å²) in [5, 5.41) is 14.2. The molecule has 0 fully saturated rings. The number of nitrogens with one attached hydrogen (secondary N) is 1. The first kappa shape index (κ1) is 14.2. The van der Waals surface area contributed by atoms with Crippen LogP contribution in [0.5, 0.6) is 5.88 Å². The highest BCUT2D eigenvalue weighted by molar-refractivity contribution is 5.91. The van der Waals surface area contributed by atoms with E-state index in [1.165, 1.54) is 7.11 Å². The molecular weight excluding hydrogens is 278 g/mol. The SMILES string of the molecule is CN[C@@H]1CCC(O)c2nc(OC)c3cc(F)c(F)cc3c21. The van der Waals surface area contributed by atoms with Crippen LogP contribution in [0.4, 0.5) is 8.78 Å². The Bertz CT molecular complexity index is 706. The van der Waals surface area contributed by atoms with Crippen molar-refractivity contribution in [2.24, 2.45) is 0 Å². The molecule has 1 aromatic carbocycles. The second-order valence-corrected chi connectivity index (χ2v) is 5.17. The molecule has 21 heavy (non-hydrogen) atoms. The summed E-state index contributed by atoms with van der Waals surface area (Å²) in [5.41, 5.74) is 1.18. The van der Waals surface area contributed by atoms with Crippen molar-refractivity contribution in [2.45, 2.75) is 25.0 Å². The first-order valence-electron chi connectivity index (χ1n) is 6.78. The molecule has 0 radical (unpaired) electrons. The van der Waals surface area contributed by atoms with E-state index in [1.807, 2.05) is 0 Å². The van der Waals surface area contributed by atoms with Crippen LogP contribution < -0.4 is 10.1 Å². The van der Waals surface area contributed by atoms with Crippen molar-refractivity contribution in [2.75, 3.05) is 14.2 Å². The third-order valence-electron chi connectivity index (χ3n) is 4.01. The minimum atomic E-state index is -0.945. The highest BCUT2D eigenvalue weighted by Gasteiger charge is 2.30. The lowest BCUT2D eigenvalue weighted by Crippen LogP contribution is -2.25. The van der Waals surface area contributed by atoms with Gasteiger partial charge in [0.15, 0.2) is 11.6 Å². The van der Waals surface area contributed by atoms with Gasteiger partial charge in [-0.25, -0.2) is 13.8 Å². The van der Waals surface area contributed by atoms with E-state index < -0.39 is 17.7 Å². The molecule has 112 valence electrons. The molecule has 3 rings (SSSR count). The quantitative estimate of drug-likeness (QED) is 0.894. The zero-order valence-corrected chi connectivity index (χ0v) is 11.8. The molecule has 4 nitrogen and oxygen atoms in total. The highest BCUT2D eigenvalue weighted by Crippen LogP contribution is 2.42. The Morgan fingerprint density at radius 2 is 1.90 bits per heavy atom. The zero-order chi connectivity index (χ0) is 15.1. The molecule has 2 atom stereocenters. The number of hydrogen-bond donors (Lipinski definition) is 2. The standard InChI is InChI=1S/C15H16F2N2O2/c1-18-11-3-4-12(20)14-13(11)7-5-9(16)10(17)6-8(7)15(19-14)21-2/h5-6,11-12,18,20H,3-4H2,1-2H3/t11-,12?/m1/s1. The lowest BCUT2D eigenvalue weighted by molar-refractivity contribution is 0.142. The largest absolute Gasteiger partial charge is 0.481 e. The molecule has 1 aliphatic carbocycles. The maximum Gasteiger partial charge on any atom is 0.221 e. The topological polar surface area (TPSA) is 54.4 Å². The van der Waals surface area contributed by atoms with Crippen LogP contribution in [0.25, 0.3) is 10.8 Å². The number of aromatic nitrogens is 1. The van der Waals surface area contributed by atoms with Gasteiger partial charge in [-0.3, -0.25) is 0 Å². The first-order valence-corrected chi connectivity index (χ1v) is 6.78. The van der Waals surface area contributed by atoms with Crippen LogP contribution >= 0.6 is 0 Å². The van der Waals surface area contributed by atoms with E-state index in [1.54, 1.807) is 7.05 Å². The van der Waals surface area contributed by atoms with Crippen LogP contribution in [0.3, 0.4) is 0 Å². The van der Waals surface area contributed by atoms with Crippen LogP contribution in [0, 0.1) is 11.6 Å². The van der Waals surface area contributed by atoms with Gasteiger partial charge in [0.1, 0.15) is 0 Å². The van der Waals surface area contributed by atoms with Crippen molar-refractivity contribution in [3.8, 4) is 5.88 Å². The number of pyridine rings is 1. The summed E-state index contributed by atoms with van der Waals surface area (Å²) in [6.07, 6.45) is 0.535. The van der Waals surface area contributed by atoms with E-state index in [9.17, 15) is 13.9 Å². The van der Waals surface area contributed by atoms with Gasteiger partial charge in [-0.15, -0.1) is 0 Å². The minimum absolute atomic E-state index is 0.0610. The Morgan fingerprint density at radius 1 is 1.24 bits per heavy atom. The van der Waals surface area contributed by atoms with E-state index in [0.717, 1.165) is 12.1 Å². The van der Waals surface area contributed by atoms with Crippen molar-refractivity contribution in [3.63, 3.8) is 0 Å². The Balaban J connectivity index is 2.41. The summed E-state index contributed by atoms with van der Waals surface area (Å²) in [7, 11) is 3.21. The average molecular weight is 294 g/mol. The van der Waals surface area contributed by atoms with Crippen molar-refractivity contribution in [1.82, 2.24) is 10.3 Å². The number of hydrogen-bond acceptors (Lipinski definition) is 4. The van der Waals surface area contributed by atoms with Crippen LogP contribution in [0.1, 0.15) is 36.2 Å². The van der Waals surface area contributed by atoms with Crippen molar-refractivity contribution in [1.29, 1.82) is 0 Å². The maximum atomic E-state index is 13.7. The summed E-state index contributed by atoms with van der Waals surface area (Å²) in [5.74, 6) is -1.67. The molecule has 1 heterocycles. The summed E-state index contributed by atoms with van der Waals surface area (Å²) < 4.78 is 32.4. The summed E-state index contributed by atoms with van der Waals surface area (Å²) in [6, 6.07) is 2.18. The lowest BCUT2D eigenvalue weighted by atomic mass is 9.86. The van der Waals surface area contributed by atoms with Gasteiger partial charge in [-0.2, -0.15) is 0 Å². The first-order chi connectivity index (χ1) is 10.1. The Kier molecular flexibility index (Phi) is 3.51. The normalized spacial score (nSPS) is 21.4. The van der Waals surface area contributed by atoms with Gasteiger partial charge in [0.25, 0.3) is 0 Å². The molecule has 1 aromatic heterocycles. The number of halogens is 2. The fourth-order valence-corrected chi connectivity index (χ4v) is 2.98. The third-order valence-corrected chi connectivity index (χ3v) is 4.01. The number of aliphatic hydroxyl groups is 1. The van der Waals surface area contributed by atoms with E-state index in [4.69, 9.17) is 4.74 Å². The van der Waals surface area contributed by atoms with E-state index in [-0.39, 0.29) is 11.9 Å². The fraction of sp³-hybridized carbons (Fsp3) is 0.400. The molecule has 0 amide bonds. The molecular formula is C15H16F2N2O2. The van der Waals surface area contributed by atoms with Gasteiger partial charge in [0, 0.05) is 17.0 Å². The van der Waals surface area contributed by atoms with Crippen LogP contribution in [-0.4, -0.2) is 24.2 Å². The van der Waals surface area contributed by atoms with Gasteiger partial charge in [-0.1, -0.05) is 0 Å². The molecule has 1 unspecified atom stereocenters. The van der Waals surface area contributed by atoms with Gasteiger partial charge in [0.05, 0.1) is 18.9 Å². The number of ether oxygens (including phenoxy) is 1. The zero-order valence-electron chi connectivity index (χ0n) is 11.8. The second kappa shape index (κ2) is 5.20. The van der Waals surface area contributed by atoms with Gasteiger partial charge < -0.3 is 15.2 Å². The third kappa shape index (κ3) is 2.15. The number of rotatable bonds is 2. The van der Waals surface area contributed by atoms with Crippen molar-refractivity contribution >= 4 is 10.8 Å². The van der Waals surface area contributed by atoms with Crippen molar-refractivity contribution in [3.05, 3.63) is 35.0 Å². The molecule has 0 saturated heterocycles. The molecule has 6 heteroatoms. The van der Waals surface area contributed by atoms with Gasteiger partial charge in [0.2, 0.25) is 5.88 Å². The highest BCUT2D eigenvalue weighted by atomic mass is 19.2.